The summed E-state index contributed by atoms with van der Waals surface area (Å²) in [6.07, 6.45) is 5.97. The summed E-state index contributed by atoms with van der Waals surface area (Å²) in [6, 6.07) is 5.35. The number of hydrogen-bond acceptors (Lipinski definition) is 4. The molecule has 3 N–H and O–H groups in total. The zero-order valence-corrected chi connectivity index (χ0v) is 11.8. The normalized spacial score (nSPS) is 24.3. The Balaban J connectivity index is 1.88. The number of pyridine rings is 1. The summed E-state index contributed by atoms with van der Waals surface area (Å²) < 4.78 is 26.8. The molecular formula is C13H21N3O2S. The largest absolute Gasteiger partial charge is 0.326 e. The molecule has 0 unspecified atom stereocenters. The number of nitrogens with one attached hydrogen (secondary N) is 1. The van der Waals surface area contributed by atoms with Gasteiger partial charge in [0.15, 0.2) is 0 Å². The Morgan fingerprint density at radius 1 is 1.32 bits per heavy atom. The van der Waals surface area contributed by atoms with Crippen molar-refractivity contribution in [3.05, 3.63) is 30.1 Å². The number of nitrogens with zero attached hydrogens (tertiary/aromatic N) is 1. The van der Waals surface area contributed by atoms with Crippen molar-refractivity contribution in [1.82, 2.24) is 9.71 Å². The summed E-state index contributed by atoms with van der Waals surface area (Å²) in [5.74, 6) is 0.0627. The highest BCUT2D eigenvalue weighted by Gasteiger charge is 2.25. The standard InChI is InChI=1S/C13H21N3O2S/c14-12-6-1-2-7-13(12)16-19(17,18)10-8-11-5-3-4-9-15-11/h3-5,9,12-13,16H,1-2,6-8,10,14H2/t12-,13-/m1/s1. The average molecular weight is 283 g/mol. The van der Waals surface area contributed by atoms with E-state index in [4.69, 9.17) is 5.73 Å². The summed E-state index contributed by atoms with van der Waals surface area (Å²) in [6.45, 7) is 0. The van der Waals surface area contributed by atoms with E-state index in [0.29, 0.717) is 6.42 Å². The number of nitrogens with two attached hydrogens (primary N) is 1. The summed E-state index contributed by atoms with van der Waals surface area (Å²) >= 11 is 0. The van der Waals surface area contributed by atoms with Gasteiger partial charge in [-0.2, -0.15) is 0 Å². The van der Waals surface area contributed by atoms with Crippen LogP contribution in [0.1, 0.15) is 31.4 Å². The maximum absolute atomic E-state index is 12.0. The predicted octanol–water partition coefficient (Wildman–Crippen LogP) is 0.813. The quantitative estimate of drug-likeness (QED) is 0.837. The van der Waals surface area contributed by atoms with Gasteiger partial charge in [-0.1, -0.05) is 18.9 Å². The molecule has 2 atom stereocenters. The van der Waals surface area contributed by atoms with Gasteiger partial charge in [-0.15, -0.1) is 0 Å². The number of aryl methyl sites for hydroxylation is 1. The van der Waals surface area contributed by atoms with E-state index in [2.05, 4.69) is 9.71 Å². The van der Waals surface area contributed by atoms with Crippen LogP contribution in [0.5, 0.6) is 0 Å². The third-order valence-electron chi connectivity index (χ3n) is 3.50. The minimum absolute atomic E-state index is 0.0571. The molecule has 0 spiro atoms. The van der Waals surface area contributed by atoms with E-state index in [-0.39, 0.29) is 17.8 Å². The van der Waals surface area contributed by atoms with Crippen molar-refractivity contribution in [2.45, 2.75) is 44.2 Å². The second kappa shape index (κ2) is 6.45. The van der Waals surface area contributed by atoms with Crippen molar-refractivity contribution in [3.63, 3.8) is 0 Å². The van der Waals surface area contributed by atoms with Crippen molar-refractivity contribution >= 4 is 10.0 Å². The van der Waals surface area contributed by atoms with Crippen LogP contribution in [0.4, 0.5) is 0 Å². The summed E-state index contributed by atoms with van der Waals surface area (Å²) in [7, 11) is -3.28. The number of hydrogen-bond donors (Lipinski definition) is 2. The van der Waals surface area contributed by atoms with E-state index in [0.717, 1.165) is 31.4 Å². The SMILES string of the molecule is N[C@@H]1CCCC[C@H]1NS(=O)(=O)CCc1ccccn1. The molecule has 1 heterocycles. The van der Waals surface area contributed by atoms with Gasteiger partial charge >= 0.3 is 0 Å². The second-order valence-corrected chi connectivity index (χ2v) is 6.94. The van der Waals surface area contributed by atoms with Crippen LogP contribution < -0.4 is 10.5 Å². The van der Waals surface area contributed by atoms with Gasteiger partial charge in [0.05, 0.1) is 5.75 Å². The van der Waals surface area contributed by atoms with E-state index < -0.39 is 10.0 Å². The molecule has 1 saturated carbocycles. The van der Waals surface area contributed by atoms with Crippen molar-refractivity contribution in [2.24, 2.45) is 5.73 Å². The zero-order valence-electron chi connectivity index (χ0n) is 11.0. The van der Waals surface area contributed by atoms with Crippen molar-refractivity contribution in [3.8, 4) is 0 Å². The maximum Gasteiger partial charge on any atom is 0.212 e. The van der Waals surface area contributed by atoms with Gasteiger partial charge in [0.25, 0.3) is 0 Å². The summed E-state index contributed by atoms with van der Waals surface area (Å²) in [4.78, 5) is 4.13. The smallest absolute Gasteiger partial charge is 0.212 e. The molecule has 19 heavy (non-hydrogen) atoms. The Kier molecular flexibility index (Phi) is 4.90. The maximum atomic E-state index is 12.0. The highest BCUT2D eigenvalue weighted by molar-refractivity contribution is 7.89. The lowest BCUT2D eigenvalue weighted by Crippen LogP contribution is -2.49. The van der Waals surface area contributed by atoms with Gasteiger partial charge in [-0.3, -0.25) is 4.98 Å². The minimum Gasteiger partial charge on any atom is -0.326 e. The van der Waals surface area contributed by atoms with Crippen LogP contribution in [0.2, 0.25) is 0 Å². The number of rotatable bonds is 5. The van der Waals surface area contributed by atoms with Crippen LogP contribution in [0.3, 0.4) is 0 Å². The molecule has 0 amide bonds. The minimum atomic E-state index is -3.28. The molecule has 1 aromatic rings. The lowest BCUT2D eigenvalue weighted by molar-refractivity contribution is 0.361. The van der Waals surface area contributed by atoms with E-state index in [9.17, 15) is 8.42 Å². The highest BCUT2D eigenvalue weighted by Crippen LogP contribution is 2.17. The fourth-order valence-corrected chi connectivity index (χ4v) is 3.73. The highest BCUT2D eigenvalue weighted by atomic mass is 32.2. The first-order valence-corrected chi connectivity index (χ1v) is 8.37. The Labute approximate surface area is 114 Å². The Hall–Kier alpha value is -0.980. The molecule has 6 heteroatoms. The zero-order chi connectivity index (χ0) is 13.7. The van der Waals surface area contributed by atoms with E-state index in [1.165, 1.54) is 0 Å². The molecule has 1 aliphatic carbocycles. The van der Waals surface area contributed by atoms with Crippen LogP contribution in [0.25, 0.3) is 0 Å². The third kappa shape index (κ3) is 4.56. The van der Waals surface area contributed by atoms with Gasteiger partial charge in [0.2, 0.25) is 10.0 Å². The predicted molar refractivity (Wildman–Crippen MR) is 75.1 cm³/mol. The molecule has 0 radical (unpaired) electrons. The fourth-order valence-electron chi connectivity index (χ4n) is 2.38. The van der Waals surface area contributed by atoms with Crippen LogP contribution in [0.15, 0.2) is 24.4 Å². The molecule has 0 saturated heterocycles. The Bertz CT molecular complexity index is 490. The first kappa shape index (κ1) is 14.4. The number of sulfonamides is 1. The van der Waals surface area contributed by atoms with Gasteiger partial charge in [-0.05, 0) is 25.0 Å². The van der Waals surface area contributed by atoms with E-state index in [1.54, 1.807) is 6.20 Å². The lowest BCUT2D eigenvalue weighted by atomic mass is 9.92. The van der Waals surface area contributed by atoms with Crippen LogP contribution in [0, 0.1) is 0 Å². The molecule has 0 aliphatic heterocycles. The molecule has 0 bridgehead atoms. The molecule has 106 valence electrons. The first-order chi connectivity index (χ1) is 9.07. The van der Waals surface area contributed by atoms with Gasteiger partial charge in [0.1, 0.15) is 0 Å². The second-order valence-electron chi connectivity index (χ2n) is 5.06. The Morgan fingerprint density at radius 3 is 2.79 bits per heavy atom. The molecule has 2 rings (SSSR count). The summed E-state index contributed by atoms with van der Waals surface area (Å²) in [5, 5.41) is 0. The van der Waals surface area contributed by atoms with E-state index >= 15 is 0 Å². The molecule has 0 aromatic carbocycles. The van der Waals surface area contributed by atoms with Crippen LogP contribution in [-0.4, -0.2) is 31.2 Å². The van der Waals surface area contributed by atoms with Crippen LogP contribution in [-0.2, 0) is 16.4 Å². The van der Waals surface area contributed by atoms with Crippen molar-refractivity contribution in [1.29, 1.82) is 0 Å². The fraction of sp³-hybridized carbons (Fsp3) is 0.615. The van der Waals surface area contributed by atoms with Crippen LogP contribution >= 0.6 is 0 Å². The van der Waals surface area contributed by atoms with Gasteiger partial charge in [-0.25, -0.2) is 13.1 Å². The Morgan fingerprint density at radius 2 is 2.11 bits per heavy atom. The summed E-state index contributed by atoms with van der Waals surface area (Å²) in [5.41, 5.74) is 6.75. The van der Waals surface area contributed by atoms with E-state index in [1.807, 2.05) is 18.2 Å². The monoisotopic (exact) mass is 283 g/mol. The van der Waals surface area contributed by atoms with Gasteiger partial charge < -0.3 is 5.73 Å². The van der Waals surface area contributed by atoms with Crippen molar-refractivity contribution < 1.29 is 8.42 Å². The third-order valence-corrected chi connectivity index (χ3v) is 4.91. The molecule has 1 aromatic heterocycles. The lowest BCUT2D eigenvalue weighted by Gasteiger charge is -2.29. The molecule has 1 aliphatic rings. The molecule has 1 fully saturated rings. The molecular weight excluding hydrogens is 262 g/mol. The van der Waals surface area contributed by atoms with Crippen molar-refractivity contribution in [2.75, 3.05) is 5.75 Å². The number of aromatic nitrogens is 1. The average Bonchev–Trinajstić information content (AvgIpc) is 2.40. The molecule has 5 nitrogen and oxygen atoms in total. The topological polar surface area (TPSA) is 85.1 Å². The van der Waals surface area contributed by atoms with Gasteiger partial charge in [0, 0.05) is 30.4 Å². The first-order valence-electron chi connectivity index (χ1n) is 6.72.